The van der Waals surface area contributed by atoms with Gasteiger partial charge in [0.05, 0.1) is 16.0 Å². The summed E-state index contributed by atoms with van der Waals surface area (Å²) in [5.74, 6) is 0.563. The molecular formula is C18H11N3O4. The first kappa shape index (κ1) is 14.8. The molecule has 0 atom stereocenters. The Balaban J connectivity index is 1.92. The highest BCUT2D eigenvalue weighted by molar-refractivity contribution is 6.04. The third kappa shape index (κ3) is 2.47. The first-order valence-corrected chi connectivity index (χ1v) is 7.45. The molecule has 4 aromatic rings. The number of hydrogen-bond donors (Lipinski definition) is 1. The normalized spacial score (nSPS) is 10.9. The summed E-state index contributed by atoms with van der Waals surface area (Å²) in [4.78, 5) is 30.0. The fraction of sp³-hybridized carbons (Fsp3) is 0. The molecule has 0 bridgehead atoms. The van der Waals surface area contributed by atoms with Crippen LogP contribution in [0.15, 0.2) is 65.7 Å². The van der Waals surface area contributed by atoms with E-state index in [-0.39, 0.29) is 16.9 Å². The molecule has 25 heavy (non-hydrogen) atoms. The highest BCUT2D eigenvalue weighted by atomic mass is 16.6. The molecule has 7 heteroatoms. The molecule has 2 aromatic heterocycles. The SMILES string of the molecule is O=c1cc[nH]c2c1ccc1c(Oc3ccccc3[N+](=O)[O-])ccnc12. The van der Waals surface area contributed by atoms with E-state index in [1.165, 1.54) is 24.4 Å². The second-order valence-electron chi connectivity index (χ2n) is 5.36. The van der Waals surface area contributed by atoms with Crippen LogP contribution in [0.2, 0.25) is 0 Å². The van der Waals surface area contributed by atoms with E-state index in [4.69, 9.17) is 4.74 Å². The molecule has 122 valence electrons. The molecule has 0 fully saturated rings. The van der Waals surface area contributed by atoms with Gasteiger partial charge in [-0.15, -0.1) is 0 Å². The number of fused-ring (bicyclic) bond motifs is 3. The minimum absolute atomic E-state index is 0.109. The summed E-state index contributed by atoms with van der Waals surface area (Å²) in [5.41, 5.74) is 0.924. The van der Waals surface area contributed by atoms with Crippen molar-refractivity contribution in [2.45, 2.75) is 0 Å². The molecule has 0 radical (unpaired) electrons. The Morgan fingerprint density at radius 3 is 2.64 bits per heavy atom. The zero-order chi connectivity index (χ0) is 17.4. The maximum atomic E-state index is 12.0. The lowest BCUT2D eigenvalue weighted by atomic mass is 10.1. The summed E-state index contributed by atoms with van der Waals surface area (Å²) in [6, 6.07) is 12.6. The van der Waals surface area contributed by atoms with Gasteiger partial charge in [0.15, 0.2) is 5.43 Å². The van der Waals surface area contributed by atoms with E-state index in [1.54, 1.807) is 36.5 Å². The molecule has 0 spiro atoms. The van der Waals surface area contributed by atoms with Gasteiger partial charge in [0, 0.05) is 35.3 Å². The van der Waals surface area contributed by atoms with Crippen LogP contribution in [-0.2, 0) is 0 Å². The highest BCUT2D eigenvalue weighted by Gasteiger charge is 2.16. The Labute approximate surface area is 140 Å². The molecule has 2 aromatic carbocycles. The van der Waals surface area contributed by atoms with E-state index in [0.717, 1.165) is 0 Å². The first-order valence-electron chi connectivity index (χ1n) is 7.45. The number of aromatic amines is 1. The smallest absolute Gasteiger partial charge is 0.311 e. The average molecular weight is 333 g/mol. The zero-order valence-electron chi connectivity index (χ0n) is 12.8. The Bertz CT molecular complexity index is 1180. The van der Waals surface area contributed by atoms with Crippen molar-refractivity contribution in [1.82, 2.24) is 9.97 Å². The maximum absolute atomic E-state index is 12.0. The summed E-state index contributed by atoms with van der Waals surface area (Å²) in [7, 11) is 0. The number of nitro benzene ring substituents is 1. The molecule has 0 aliphatic carbocycles. The van der Waals surface area contributed by atoms with E-state index in [1.807, 2.05) is 0 Å². The van der Waals surface area contributed by atoms with Gasteiger partial charge in [-0.3, -0.25) is 19.9 Å². The second kappa shape index (κ2) is 5.72. The molecule has 7 nitrogen and oxygen atoms in total. The van der Waals surface area contributed by atoms with Crippen molar-refractivity contribution in [3.05, 3.63) is 81.3 Å². The Morgan fingerprint density at radius 2 is 1.80 bits per heavy atom. The first-order chi connectivity index (χ1) is 12.1. The molecule has 1 N–H and O–H groups in total. The quantitative estimate of drug-likeness (QED) is 0.349. The standard InChI is InChI=1S/C18H11N3O4/c22-14-7-9-19-17-11(14)5-6-12-15(8-10-20-18(12)17)25-16-4-2-1-3-13(16)21(23)24/h1-10H,(H,19,22). The van der Waals surface area contributed by atoms with Crippen LogP contribution < -0.4 is 10.2 Å². The molecule has 0 unspecified atom stereocenters. The van der Waals surface area contributed by atoms with Gasteiger partial charge < -0.3 is 9.72 Å². The van der Waals surface area contributed by atoms with E-state index in [0.29, 0.717) is 27.6 Å². The summed E-state index contributed by atoms with van der Waals surface area (Å²) in [6.07, 6.45) is 3.10. The van der Waals surface area contributed by atoms with Crippen molar-refractivity contribution in [3.8, 4) is 11.5 Å². The minimum atomic E-state index is -0.494. The number of benzene rings is 2. The molecule has 0 saturated carbocycles. The molecule has 2 heterocycles. The van der Waals surface area contributed by atoms with Gasteiger partial charge in [0.2, 0.25) is 5.75 Å². The number of para-hydroxylation sites is 2. The summed E-state index contributed by atoms with van der Waals surface area (Å²) >= 11 is 0. The molecule has 0 aliphatic rings. The predicted octanol–water partition coefficient (Wildman–Crippen LogP) is 3.78. The van der Waals surface area contributed by atoms with Gasteiger partial charge in [0.25, 0.3) is 0 Å². The summed E-state index contributed by atoms with van der Waals surface area (Å²) in [6.45, 7) is 0. The van der Waals surface area contributed by atoms with Gasteiger partial charge >= 0.3 is 5.69 Å². The number of H-pyrrole nitrogens is 1. The lowest BCUT2D eigenvalue weighted by Gasteiger charge is -2.10. The Morgan fingerprint density at radius 1 is 1.00 bits per heavy atom. The van der Waals surface area contributed by atoms with Gasteiger partial charge in [-0.25, -0.2) is 0 Å². The fourth-order valence-corrected chi connectivity index (χ4v) is 2.74. The Hall–Kier alpha value is -3.74. The van der Waals surface area contributed by atoms with Gasteiger partial charge in [-0.05, 0) is 24.3 Å². The second-order valence-corrected chi connectivity index (χ2v) is 5.36. The molecule has 0 aliphatic heterocycles. The third-order valence-electron chi connectivity index (χ3n) is 3.88. The number of nitro groups is 1. The minimum Gasteiger partial charge on any atom is -0.449 e. The van der Waals surface area contributed by atoms with Crippen LogP contribution in [0, 0.1) is 10.1 Å². The van der Waals surface area contributed by atoms with Crippen LogP contribution >= 0.6 is 0 Å². The molecule has 0 amide bonds. The van der Waals surface area contributed by atoms with Crippen LogP contribution in [0.3, 0.4) is 0 Å². The number of nitrogens with one attached hydrogen (secondary N) is 1. The fourth-order valence-electron chi connectivity index (χ4n) is 2.74. The van der Waals surface area contributed by atoms with Crippen molar-refractivity contribution in [2.24, 2.45) is 0 Å². The largest absolute Gasteiger partial charge is 0.449 e. The van der Waals surface area contributed by atoms with Crippen molar-refractivity contribution in [2.75, 3.05) is 0 Å². The van der Waals surface area contributed by atoms with Gasteiger partial charge in [-0.1, -0.05) is 12.1 Å². The van der Waals surface area contributed by atoms with Crippen LogP contribution in [-0.4, -0.2) is 14.9 Å². The van der Waals surface area contributed by atoms with Crippen molar-refractivity contribution in [1.29, 1.82) is 0 Å². The lowest BCUT2D eigenvalue weighted by Crippen LogP contribution is -2.01. The van der Waals surface area contributed by atoms with Crippen molar-refractivity contribution < 1.29 is 9.66 Å². The van der Waals surface area contributed by atoms with Crippen LogP contribution in [0.25, 0.3) is 21.8 Å². The summed E-state index contributed by atoms with van der Waals surface area (Å²) in [5, 5.41) is 12.3. The number of ether oxygens (including phenoxy) is 1. The van der Waals surface area contributed by atoms with E-state index in [2.05, 4.69) is 9.97 Å². The highest BCUT2D eigenvalue weighted by Crippen LogP contribution is 2.35. The third-order valence-corrected chi connectivity index (χ3v) is 3.88. The maximum Gasteiger partial charge on any atom is 0.311 e. The number of aromatic nitrogens is 2. The number of hydrogen-bond acceptors (Lipinski definition) is 5. The number of rotatable bonds is 3. The van der Waals surface area contributed by atoms with E-state index in [9.17, 15) is 14.9 Å². The van der Waals surface area contributed by atoms with E-state index >= 15 is 0 Å². The lowest BCUT2D eigenvalue weighted by molar-refractivity contribution is -0.385. The topological polar surface area (TPSA) is 98.1 Å². The monoisotopic (exact) mass is 333 g/mol. The number of pyridine rings is 2. The Kier molecular flexibility index (Phi) is 3.39. The van der Waals surface area contributed by atoms with Crippen LogP contribution in [0.1, 0.15) is 0 Å². The molecular weight excluding hydrogens is 322 g/mol. The van der Waals surface area contributed by atoms with Crippen molar-refractivity contribution >= 4 is 27.5 Å². The predicted molar refractivity (Wildman–Crippen MR) is 93.0 cm³/mol. The molecule has 0 saturated heterocycles. The molecule has 4 rings (SSSR count). The van der Waals surface area contributed by atoms with Gasteiger partial charge in [0.1, 0.15) is 5.75 Å². The summed E-state index contributed by atoms with van der Waals surface area (Å²) < 4.78 is 5.79. The van der Waals surface area contributed by atoms with Gasteiger partial charge in [-0.2, -0.15) is 0 Å². The zero-order valence-corrected chi connectivity index (χ0v) is 12.8. The van der Waals surface area contributed by atoms with Crippen molar-refractivity contribution in [3.63, 3.8) is 0 Å². The van der Waals surface area contributed by atoms with E-state index < -0.39 is 4.92 Å². The average Bonchev–Trinajstić information content (AvgIpc) is 2.62. The number of nitrogens with zero attached hydrogens (tertiary/aromatic N) is 2. The van der Waals surface area contributed by atoms with Crippen LogP contribution in [0.5, 0.6) is 11.5 Å². The van der Waals surface area contributed by atoms with Crippen LogP contribution in [0.4, 0.5) is 5.69 Å².